The van der Waals surface area contributed by atoms with Gasteiger partial charge < -0.3 is 19.7 Å². The van der Waals surface area contributed by atoms with E-state index in [9.17, 15) is 14.4 Å². The van der Waals surface area contributed by atoms with Gasteiger partial charge in [-0.2, -0.15) is 0 Å². The van der Waals surface area contributed by atoms with Crippen LogP contribution in [-0.2, 0) is 19.1 Å². The highest BCUT2D eigenvalue weighted by Crippen LogP contribution is 2.65. The van der Waals surface area contributed by atoms with Crippen molar-refractivity contribution < 1.29 is 23.9 Å². The van der Waals surface area contributed by atoms with Gasteiger partial charge in [-0.05, 0) is 38.0 Å². The molecule has 4 atom stereocenters. The minimum absolute atomic E-state index is 0.0293. The molecule has 0 bridgehead atoms. The quantitative estimate of drug-likeness (QED) is 0.769. The summed E-state index contributed by atoms with van der Waals surface area (Å²) in [4.78, 5) is 39.2. The molecule has 2 amide bonds. The van der Waals surface area contributed by atoms with Gasteiger partial charge in [-0.25, -0.2) is 9.59 Å². The number of piperidine rings is 1. The fourth-order valence-electron chi connectivity index (χ4n) is 4.03. The van der Waals surface area contributed by atoms with E-state index in [0.717, 1.165) is 0 Å². The Balaban J connectivity index is 2.16. The molecule has 7 heteroatoms. The summed E-state index contributed by atoms with van der Waals surface area (Å²) in [6.07, 6.45) is -0.635. The standard InChI is InChI=1S/C19H32N2O5/c1-10(2)13(20-17(24)26-18(3,4)5)15(22)21-9-11-12(19(11,6)7)14(21)16(23)25-8/h10-14H,9H2,1-8H3,(H,20,24)/t11-,12-,13-,14-/m0/s1. The second-order valence-corrected chi connectivity index (χ2v) is 9.28. The highest BCUT2D eigenvalue weighted by molar-refractivity contribution is 5.91. The van der Waals surface area contributed by atoms with Crippen molar-refractivity contribution in [2.24, 2.45) is 23.2 Å². The van der Waals surface area contributed by atoms with Crippen LogP contribution < -0.4 is 5.32 Å². The number of carbonyl (C=O) groups is 3. The summed E-state index contributed by atoms with van der Waals surface area (Å²) in [5.74, 6) is -0.406. The molecule has 2 aliphatic rings. The van der Waals surface area contributed by atoms with E-state index in [2.05, 4.69) is 19.2 Å². The summed E-state index contributed by atoms with van der Waals surface area (Å²) in [7, 11) is 1.34. The Morgan fingerprint density at radius 2 is 1.77 bits per heavy atom. The van der Waals surface area contributed by atoms with Crippen molar-refractivity contribution in [1.29, 1.82) is 0 Å². The Bertz CT molecular complexity index is 593. The van der Waals surface area contributed by atoms with Crippen LogP contribution in [0.4, 0.5) is 4.79 Å². The predicted octanol–water partition coefficient (Wildman–Crippen LogP) is 2.19. The lowest BCUT2D eigenvalue weighted by molar-refractivity contribution is -0.154. The molecule has 0 aromatic heterocycles. The number of fused-ring (bicyclic) bond motifs is 1. The number of hydrogen-bond acceptors (Lipinski definition) is 5. The van der Waals surface area contributed by atoms with E-state index in [1.165, 1.54) is 7.11 Å². The Labute approximate surface area is 155 Å². The van der Waals surface area contributed by atoms with Crippen LogP contribution in [0, 0.1) is 23.2 Å². The predicted molar refractivity (Wildman–Crippen MR) is 96.3 cm³/mol. The lowest BCUT2D eigenvalue weighted by Crippen LogP contribution is -2.56. The molecule has 1 N–H and O–H groups in total. The van der Waals surface area contributed by atoms with E-state index in [4.69, 9.17) is 9.47 Å². The van der Waals surface area contributed by atoms with Gasteiger partial charge >= 0.3 is 12.1 Å². The first-order chi connectivity index (χ1) is 11.8. The van der Waals surface area contributed by atoms with Crippen LogP contribution in [0.3, 0.4) is 0 Å². The van der Waals surface area contributed by atoms with Gasteiger partial charge in [0.05, 0.1) is 7.11 Å². The molecule has 0 spiro atoms. The fraction of sp³-hybridized carbons (Fsp3) is 0.842. The summed E-state index contributed by atoms with van der Waals surface area (Å²) in [5.41, 5.74) is -0.621. The minimum Gasteiger partial charge on any atom is -0.467 e. The van der Waals surface area contributed by atoms with Crippen LogP contribution in [0.2, 0.25) is 0 Å². The lowest BCUT2D eigenvalue weighted by atomic mass is 9.98. The number of nitrogens with one attached hydrogen (secondary N) is 1. The Hall–Kier alpha value is -1.79. The summed E-state index contributed by atoms with van der Waals surface area (Å²) in [6.45, 7) is 13.7. The van der Waals surface area contributed by atoms with E-state index in [-0.39, 0.29) is 29.1 Å². The molecule has 148 valence electrons. The van der Waals surface area contributed by atoms with Crippen molar-refractivity contribution in [1.82, 2.24) is 10.2 Å². The number of hydrogen-bond donors (Lipinski definition) is 1. The molecular weight excluding hydrogens is 336 g/mol. The molecule has 2 fully saturated rings. The highest BCUT2D eigenvalue weighted by atomic mass is 16.6. The second kappa shape index (κ2) is 6.74. The first-order valence-electron chi connectivity index (χ1n) is 9.19. The number of methoxy groups -OCH3 is 1. The number of rotatable bonds is 4. The number of nitrogens with zero attached hydrogens (tertiary/aromatic N) is 1. The van der Waals surface area contributed by atoms with Gasteiger partial charge in [-0.3, -0.25) is 4.79 Å². The van der Waals surface area contributed by atoms with Crippen LogP contribution in [0.1, 0.15) is 48.5 Å². The maximum Gasteiger partial charge on any atom is 0.408 e. The van der Waals surface area contributed by atoms with Gasteiger partial charge in [0, 0.05) is 12.5 Å². The average Bonchev–Trinajstić information content (AvgIpc) is 2.84. The molecule has 1 aliphatic heterocycles. The Kier molecular flexibility index (Phi) is 5.32. The van der Waals surface area contributed by atoms with Crippen molar-refractivity contribution in [3.8, 4) is 0 Å². The average molecular weight is 368 g/mol. The lowest BCUT2D eigenvalue weighted by Gasteiger charge is -2.33. The summed E-state index contributed by atoms with van der Waals surface area (Å²) >= 11 is 0. The largest absolute Gasteiger partial charge is 0.467 e. The van der Waals surface area contributed by atoms with Gasteiger partial charge in [0.15, 0.2) is 0 Å². The summed E-state index contributed by atoms with van der Waals surface area (Å²) < 4.78 is 10.2. The maximum atomic E-state index is 13.1. The van der Waals surface area contributed by atoms with E-state index >= 15 is 0 Å². The monoisotopic (exact) mass is 368 g/mol. The first-order valence-corrected chi connectivity index (χ1v) is 9.19. The topological polar surface area (TPSA) is 84.9 Å². The zero-order valence-corrected chi connectivity index (χ0v) is 17.1. The molecule has 7 nitrogen and oxygen atoms in total. The third kappa shape index (κ3) is 3.81. The van der Waals surface area contributed by atoms with E-state index < -0.39 is 29.7 Å². The molecule has 1 heterocycles. The molecule has 26 heavy (non-hydrogen) atoms. The third-order valence-electron chi connectivity index (χ3n) is 5.54. The number of ether oxygens (including phenoxy) is 2. The number of alkyl carbamates (subject to hydrolysis) is 1. The van der Waals surface area contributed by atoms with Crippen molar-refractivity contribution in [3.63, 3.8) is 0 Å². The molecular formula is C19H32N2O5. The van der Waals surface area contributed by atoms with Crippen molar-refractivity contribution in [2.45, 2.75) is 66.2 Å². The minimum atomic E-state index is -0.752. The Morgan fingerprint density at radius 3 is 2.23 bits per heavy atom. The summed E-state index contributed by atoms with van der Waals surface area (Å²) in [6, 6.07) is -1.34. The van der Waals surface area contributed by atoms with Crippen LogP contribution in [0.15, 0.2) is 0 Å². The molecule has 0 aromatic rings. The molecule has 2 rings (SSSR count). The van der Waals surface area contributed by atoms with Gasteiger partial charge in [0.2, 0.25) is 5.91 Å². The first kappa shape index (κ1) is 20.5. The van der Waals surface area contributed by atoms with Gasteiger partial charge in [-0.15, -0.1) is 0 Å². The van der Waals surface area contributed by atoms with E-state index in [0.29, 0.717) is 6.54 Å². The molecule has 1 saturated carbocycles. The van der Waals surface area contributed by atoms with Crippen LogP contribution in [0.5, 0.6) is 0 Å². The van der Waals surface area contributed by atoms with Gasteiger partial charge in [0.1, 0.15) is 17.7 Å². The number of esters is 1. The zero-order valence-electron chi connectivity index (χ0n) is 17.1. The van der Waals surface area contributed by atoms with Crippen LogP contribution in [0.25, 0.3) is 0 Å². The van der Waals surface area contributed by atoms with Crippen molar-refractivity contribution in [3.05, 3.63) is 0 Å². The summed E-state index contributed by atoms with van der Waals surface area (Å²) in [5, 5.41) is 2.67. The molecule has 0 unspecified atom stereocenters. The number of likely N-dealkylation sites (tertiary alicyclic amines) is 1. The molecule has 0 aromatic carbocycles. The third-order valence-corrected chi connectivity index (χ3v) is 5.54. The molecule has 1 aliphatic carbocycles. The van der Waals surface area contributed by atoms with Gasteiger partial charge in [0.25, 0.3) is 0 Å². The molecule has 1 saturated heterocycles. The van der Waals surface area contributed by atoms with Crippen LogP contribution >= 0.6 is 0 Å². The maximum absolute atomic E-state index is 13.1. The number of amides is 2. The zero-order chi connectivity index (χ0) is 20.0. The Morgan fingerprint density at radius 1 is 1.19 bits per heavy atom. The van der Waals surface area contributed by atoms with E-state index in [1.54, 1.807) is 25.7 Å². The second-order valence-electron chi connectivity index (χ2n) is 9.28. The fourth-order valence-corrected chi connectivity index (χ4v) is 4.03. The van der Waals surface area contributed by atoms with E-state index in [1.807, 2.05) is 13.8 Å². The SMILES string of the molecule is COC(=O)[C@@H]1[C@@H]2[C@H](CN1C(=O)[C@@H](NC(=O)OC(C)(C)C)C(C)C)C2(C)C. The van der Waals surface area contributed by atoms with Crippen LogP contribution in [-0.4, -0.2) is 54.2 Å². The van der Waals surface area contributed by atoms with Crippen molar-refractivity contribution in [2.75, 3.05) is 13.7 Å². The molecule has 0 radical (unpaired) electrons. The van der Waals surface area contributed by atoms with Gasteiger partial charge in [-0.1, -0.05) is 27.7 Å². The smallest absolute Gasteiger partial charge is 0.408 e. The highest BCUT2D eigenvalue weighted by Gasteiger charge is 2.70. The number of carbonyl (C=O) groups excluding carboxylic acids is 3. The van der Waals surface area contributed by atoms with Crippen molar-refractivity contribution >= 4 is 18.0 Å². The normalized spacial score (nSPS) is 27.6.